The number of aryl methyl sites for hydroxylation is 1. The Hall–Kier alpha value is -1.85. The molecule has 2 heterocycles. The van der Waals surface area contributed by atoms with Crippen LogP contribution in [0.5, 0.6) is 0 Å². The number of carbonyl (C=O) groups is 2. The van der Waals surface area contributed by atoms with Gasteiger partial charge in [0.15, 0.2) is 6.29 Å². The molecule has 18 heavy (non-hydrogen) atoms. The highest BCUT2D eigenvalue weighted by Gasteiger charge is 2.29. The molecule has 0 atom stereocenters. The number of urea groups is 1. The Morgan fingerprint density at radius 1 is 1.44 bits per heavy atom. The fourth-order valence-electron chi connectivity index (χ4n) is 2.34. The zero-order chi connectivity index (χ0) is 12.7. The molecule has 0 radical (unpaired) electrons. The van der Waals surface area contributed by atoms with Crippen molar-refractivity contribution in [3.63, 3.8) is 0 Å². The van der Waals surface area contributed by atoms with Gasteiger partial charge in [0, 0.05) is 19.1 Å². The minimum absolute atomic E-state index is 0.0283. The summed E-state index contributed by atoms with van der Waals surface area (Å²) in [5, 5.41) is 2.97. The van der Waals surface area contributed by atoms with E-state index in [1.807, 2.05) is 11.5 Å². The van der Waals surface area contributed by atoms with Crippen molar-refractivity contribution in [2.75, 3.05) is 6.54 Å². The van der Waals surface area contributed by atoms with Gasteiger partial charge < -0.3 is 14.8 Å². The van der Waals surface area contributed by atoms with E-state index >= 15 is 0 Å². The predicted molar refractivity (Wildman–Crippen MR) is 64.3 cm³/mol. The number of hydrogen-bond acceptors (Lipinski definition) is 3. The van der Waals surface area contributed by atoms with Crippen LogP contribution in [0.25, 0.3) is 0 Å². The van der Waals surface area contributed by atoms with Crippen LogP contribution < -0.4 is 5.32 Å². The molecule has 0 unspecified atom stereocenters. The quantitative estimate of drug-likeness (QED) is 0.783. The molecule has 0 aromatic carbocycles. The summed E-state index contributed by atoms with van der Waals surface area (Å²) >= 11 is 0. The van der Waals surface area contributed by atoms with E-state index in [1.165, 1.54) is 0 Å². The number of aromatic nitrogens is 2. The van der Waals surface area contributed by atoms with Gasteiger partial charge in [0.25, 0.3) is 0 Å². The van der Waals surface area contributed by atoms with Gasteiger partial charge in [0.05, 0.1) is 12.2 Å². The van der Waals surface area contributed by atoms with Gasteiger partial charge in [-0.2, -0.15) is 0 Å². The molecule has 0 bridgehead atoms. The molecule has 2 amide bonds. The maximum Gasteiger partial charge on any atom is 0.318 e. The number of aldehydes is 1. The third-order valence-electron chi connectivity index (χ3n) is 3.53. The molecule has 0 saturated heterocycles. The van der Waals surface area contributed by atoms with Crippen LogP contribution >= 0.6 is 0 Å². The van der Waals surface area contributed by atoms with E-state index in [4.69, 9.17) is 0 Å². The van der Waals surface area contributed by atoms with Crippen LogP contribution in [0.4, 0.5) is 4.79 Å². The molecule has 96 valence electrons. The number of fused-ring (bicyclic) bond motifs is 1. The van der Waals surface area contributed by atoms with Crippen LogP contribution in [-0.2, 0) is 13.1 Å². The molecule has 1 N–H and O–H groups in total. The van der Waals surface area contributed by atoms with Crippen molar-refractivity contribution in [1.82, 2.24) is 19.8 Å². The van der Waals surface area contributed by atoms with Crippen molar-refractivity contribution in [2.24, 2.45) is 0 Å². The van der Waals surface area contributed by atoms with Gasteiger partial charge in [-0.25, -0.2) is 9.78 Å². The first kappa shape index (κ1) is 11.3. The van der Waals surface area contributed by atoms with E-state index in [-0.39, 0.29) is 6.03 Å². The highest BCUT2D eigenvalue weighted by Crippen LogP contribution is 2.21. The Morgan fingerprint density at radius 2 is 2.22 bits per heavy atom. The zero-order valence-electron chi connectivity index (χ0n) is 10.3. The largest absolute Gasteiger partial charge is 0.335 e. The van der Waals surface area contributed by atoms with E-state index in [0.29, 0.717) is 31.4 Å². The lowest BCUT2D eigenvalue weighted by Crippen LogP contribution is -2.45. The van der Waals surface area contributed by atoms with Crippen molar-refractivity contribution in [2.45, 2.75) is 38.9 Å². The SMILES string of the molecule is Cc1nc(C=O)c2n1CCN(C(=O)NC1CC1)C2. The summed E-state index contributed by atoms with van der Waals surface area (Å²) < 4.78 is 2.02. The van der Waals surface area contributed by atoms with Crippen molar-refractivity contribution >= 4 is 12.3 Å². The van der Waals surface area contributed by atoms with Gasteiger partial charge in [-0.3, -0.25) is 4.79 Å². The molecule has 6 heteroatoms. The molecule has 1 fully saturated rings. The van der Waals surface area contributed by atoms with Crippen molar-refractivity contribution < 1.29 is 9.59 Å². The number of imidazole rings is 1. The fourth-order valence-corrected chi connectivity index (χ4v) is 2.34. The molecule has 1 aliphatic carbocycles. The Bertz CT molecular complexity index is 504. The minimum atomic E-state index is -0.0283. The average Bonchev–Trinajstić information content (AvgIpc) is 3.13. The van der Waals surface area contributed by atoms with Crippen LogP contribution in [0.1, 0.15) is 34.8 Å². The van der Waals surface area contributed by atoms with Gasteiger partial charge >= 0.3 is 6.03 Å². The van der Waals surface area contributed by atoms with Crippen LogP contribution in [0.15, 0.2) is 0 Å². The summed E-state index contributed by atoms with van der Waals surface area (Å²) in [4.78, 5) is 28.9. The second-order valence-corrected chi connectivity index (χ2v) is 4.91. The van der Waals surface area contributed by atoms with Gasteiger partial charge in [-0.15, -0.1) is 0 Å². The van der Waals surface area contributed by atoms with Crippen molar-refractivity contribution in [3.8, 4) is 0 Å². The van der Waals surface area contributed by atoms with E-state index in [1.54, 1.807) is 4.90 Å². The smallest absolute Gasteiger partial charge is 0.318 e. The lowest BCUT2D eigenvalue weighted by atomic mass is 10.2. The predicted octanol–water partition coefficient (Wildman–Crippen LogP) is 0.692. The van der Waals surface area contributed by atoms with E-state index in [9.17, 15) is 9.59 Å². The summed E-state index contributed by atoms with van der Waals surface area (Å²) in [5.41, 5.74) is 1.30. The maximum atomic E-state index is 12.0. The molecule has 1 saturated carbocycles. The van der Waals surface area contributed by atoms with Gasteiger partial charge in [0.2, 0.25) is 0 Å². The van der Waals surface area contributed by atoms with Crippen molar-refractivity contribution in [1.29, 1.82) is 0 Å². The lowest BCUT2D eigenvalue weighted by molar-refractivity contribution is 0.111. The molecule has 3 rings (SSSR count). The maximum absolute atomic E-state index is 12.0. The first-order valence-electron chi connectivity index (χ1n) is 6.25. The number of carbonyl (C=O) groups excluding carboxylic acids is 2. The number of nitrogens with one attached hydrogen (secondary N) is 1. The van der Waals surface area contributed by atoms with Crippen molar-refractivity contribution in [3.05, 3.63) is 17.2 Å². The molecule has 1 aliphatic heterocycles. The number of amides is 2. The molecular weight excluding hydrogens is 232 g/mol. The Labute approximate surface area is 105 Å². The number of rotatable bonds is 2. The average molecular weight is 248 g/mol. The highest BCUT2D eigenvalue weighted by atomic mass is 16.2. The van der Waals surface area contributed by atoms with E-state index < -0.39 is 0 Å². The molecule has 6 nitrogen and oxygen atoms in total. The molecule has 0 spiro atoms. The molecule has 2 aliphatic rings. The first-order valence-corrected chi connectivity index (χ1v) is 6.25. The monoisotopic (exact) mass is 248 g/mol. The number of nitrogens with zero attached hydrogens (tertiary/aromatic N) is 3. The highest BCUT2D eigenvalue weighted by molar-refractivity contribution is 5.77. The zero-order valence-corrected chi connectivity index (χ0v) is 10.3. The Morgan fingerprint density at radius 3 is 2.89 bits per heavy atom. The van der Waals surface area contributed by atoms with Crippen LogP contribution in [-0.4, -0.2) is 39.4 Å². The summed E-state index contributed by atoms with van der Waals surface area (Å²) in [6.45, 7) is 3.73. The summed E-state index contributed by atoms with van der Waals surface area (Å²) in [5.74, 6) is 0.842. The second-order valence-electron chi connectivity index (χ2n) is 4.91. The summed E-state index contributed by atoms with van der Waals surface area (Å²) in [7, 11) is 0. The molecular formula is C12H16N4O2. The van der Waals surface area contributed by atoms with Crippen LogP contribution in [0.2, 0.25) is 0 Å². The van der Waals surface area contributed by atoms with Crippen LogP contribution in [0, 0.1) is 6.92 Å². The van der Waals surface area contributed by atoms with E-state index in [0.717, 1.165) is 30.6 Å². The third-order valence-corrected chi connectivity index (χ3v) is 3.53. The number of hydrogen-bond donors (Lipinski definition) is 1. The molecule has 1 aromatic rings. The fraction of sp³-hybridized carbons (Fsp3) is 0.583. The lowest BCUT2D eigenvalue weighted by Gasteiger charge is -2.29. The van der Waals surface area contributed by atoms with Crippen LogP contribution in [0.3, 0.4) is 0 Å². The summed E-state index contributed by atoms with van der Waals surface area (Å²) in [6.07, 6.45) is 2.92. The Balaban J connectivity index is 1.78. The third kappa shape index (κ3) is 1.87. The van der Waals surface area contributed by atoms with E-state index in [2.05, 4.69) is 10.3 Å². The minimum Gasteiger partial charge on any atom is -0.335 e. The summed E-state index contributed by atoms with van der Waals surface area (Å²) in [6, 6.07) is 0.330. The normalized spacial score (nSPS) is 18.4. The second kappa shape index (κ2) is 4.12. The van der Waals surface area contributed by atoms with Gasteiger partial charge in [0.1, 0.15) is 11.5 Å². The molecule has 1 aromatic heterocycles. The topological polar surface area (TPSA) is 67.2 Å². The van der Waals surface area contributed by atoms with Gasteiger partial charge in [-0.05, 0) is 19.8 Å². The first-order chi connectivity index (χ1) is 8.69. The Kier molecular flexibility index (Phi) is 2.57. The van der Waals surface area contributed by atoms with Gasteiger partial charge in [-0.1, -0.05) is 0 Å². The standard InChI is InChI=1S/C12H16N4O2/c1-8-13-10(7-17)11-6-15(4-5-16(8)11)12(18)14-9-2-3-9/h7,9H,2-6H2,1H3,(H,14,18).